The molecule has 2 saturated heterocycles. The Morgan fingerprint density at radius 2 is 2.33 bits per heavy atom. The molecule has 0 bridgehead atoms. The van der Waals surface area contributed by atoms with Crippen molar-refractivity contribution in [1.82, 2.24) is 4.90 Å². The van der Waals surface area contributed by atoms with E-state index in [0.29, 0.717) is 6.61 Å². The molecule has 5 nitrogen and oxygen atoms in total. The van der Waals surface area contributed by atoms with Gasteiger partial charge in [-0.2, -0.15) is 0 Å². The molecule has 15 heavy (non-hydrogen) atoms. The van der Waals surface area contributed by atoms with Gasteiger partial charge in [0, 0.05) is 6.54 Å². The quantitative estimate of drug-likeness (QED) is 0.679. The molecule has 0 saturated carbocycles. The fourth-order valence-electron chi connectivity index (χ4n) is 2.28. The zero-order valence-corrected chi connectivity index (χ0v) is 8.65. The van der Waals surface area contributed by atoms with Crippen LogP contribution in [-0.4, -0.2) is 42.0 Å². The van der Waals surface area contributed by atoms with Gasteiger partial charge in [0.05, 0.1) is 19.1 Å². The predicted octanol–water partition coefficient (Wildman–Crippen LogP) is -0.358. The van der Waals surface area contributed by atoms with Crippen molar-refractivity contribution in [3.63, 3.8) is 0 Å². The van der Waals surface area contributed by atoms with Crippen LogP contribution in [0.15, 0.2) is 0 Å². The average molecular weight is 212 g/mol. The van der Waals surface area contributed by atoms with E-state index in [1.54, 1.807) is 0 Å². The van der Waals surface area contributed by atoms with Gasteiger partial charge in [-0.1, -0.05) is 0 Å². The molecular formula is C10H16N2O3. The number of nitrogens with two attached hydrogens (primary N) is 1. The number of amides is 2. The summed E-state index contributed by atoms with van der Waals surface area (Å²) in [6.07, 6.45) is 2.57. The molecular weight excluding hydrogens is 196 g/mol. The third-order valence-electron chi connectivity index (χ3n) is 3.06. The molecule has 2 rings (SSSR count). The highest BCUT2D eigenvalue weighted by molar-refractivity contribution is 5.87. The van der Waals surface area contributed by atoms with E-state index in [1.165, 1.54) is 0 Å². The van der Waals surface area contributed by atoms with E-state index in [9.17, 15) is 9.59 Å². The standard InChI is InChI=1S/C10H16N2O3/c11-9(13)5-8-10(14)12-4-2-1-3-7(12)6-15-8/h7-8H,1-6H2,(H2,11,13). The summed E-state index contributed by atoms with van der Waals surface area (Å²) in [5.74, 6) is -0.548. The molecule has 0 aromatic rings. The zero-order chi connectivity index (χ0) is 10.8. The van der Waals surface area contributed by atoms with E-state index in [2.05, 4.69) is 0 Å². The number of piperidine rings is 1. The average Bonchev–Trinajstić information content (AvgIpc) is 2.22. The minimum absolute atomic E-state index is 0.00204. The second-order valence-corrected chi connectivity index (χ2v) is 4.17. The molecule has 2 heterocycles. The lowest BCUT2D eigenvalue weighted by atomic mass is 9.99. The maximum atomic E-state index is 11.9. The zero-order valence-electron chi connectivity index (χ0n) is 8.65. The van der Waals surface area contributed by atoms with Crippen LogP contribution in [0.4, 0.5) is 0 Å². The SMILES string of the molecule is NC(=O)CC1OCC2CCCCN2C1=O. The fraction of sp³-hybridized carbons (Fsp3) is 0.800. The Bertz CT molecular complexity index is 280. The molecule has 2 aliphatic heterocycles. The van der Waals surface area contributed by atoms with Crippen molar-refractivity contribution < 1.29 is 14.3 Å². The number of rotatable bonds is 2. The summed E-state index contributed by atoms with van der Waals surface area (Å²) in [7, 11) is 0. The summed E-state index contributed by atoms with van der Waals surface area (Å²) >= 11 is 0. The number of ether oxygens (including phenoxy) is 1. The first-order chi connectivity index (χ1) is 7.18. The maximum absolute atomic E-state index is 11.9. The molecule has 0 aromatic carbocycles. The molecule has 0 spiro atoms. The first kappa shape index (κ1) is 10.4. The molecule has 2 unspecified atom stereocenters. The van der Waals surface area contributed by atoms with Crippen LogP contribution in [0.5, 0.6) is 0 Å². The second-order valence-electron chi connectivity index (χ2n) is 4.17. The van der Waals surface area contributed by atoms with E-state index in [1.807, 2.05) is 4.90 Å². The monoisotopic (exact) mass is 212 g/mol. The number of fused-ring (bicyclic) bond motifs is 1. The summed E-state index contributed by atoms with van der Waals surface area (Å²) in [5.41, 5.74) is 5.06. The highest BCUT2D eigenvalue weighted by atomic mass is 16.5. The lowest BCUT2D eigenvalue weighted by Gasteiger charge is -2.41. The van der Waals surface area contributed by atoms with Gasteiger partial charge < -0.3 is 15.4 Å². The Labute approximate surface area is 88.5 Å². The van der Waals surface area contributed by atoms with Crippen LogP contribution in [0.25, 0.3) is 0 Å². The van der Waals surface area contributed by atoms with Gasteiger partial charge in [-0.3, -0.25) is 9.59 Å². The van der Waals surface area contributed by atoms with Crippen molar-refractivity contribution in [1.29, 1.82) is 0 Å². The van der Waals surface area contributed by atoms with Gasteiger partial charge in [-0.05, 0) is 19.3 Å². The second kappa shape index (κ2) is 4.18. The number of carbonyl (C=O) groups excluding carboxylic acids is 2. The van der Waals surface area contributed by atoms with Gasteiger partial charge in [0.2, 0.25) is 5.91 Å². The normalized spacial score (nSPS) is 31.2. The Balaban J connectivity index is 2.01. The van der Waals surface area contributed by atoms with Crippen molar-refractivity contribution in [2.45, 2.75) is 37.8 Å². The van der Waals surface area contributed by atoms with E-state index < -0.39 is 12.0 Å². The van der Waals surface area contributed by atoms with Crippen LogP contribution in [0, 0.1) is 0 Å². The smallest absolute Gasteiger partial charge is 0.252 e. The van der Waals surface area contributed by atoms with Crippen LogP contribution < -0.4 is 5.73 Å². The largest absolute Gasteiger partial charge is 0.370 e. The number of carbonyl (C=O) groups is 2. The molecule has 2 aliphatic rings. The summed E-state index contributed by atoms with van der Waals surface area (Å²) in [6.45, 7) is 1.34. The molecule has 5 heteroatoms. The van der Waals surface area contributed by atoms with Gasteiger partial charge in [-0.25, -0.2) is 0 Å². The van der Waals surface area contributed by atoms with Crippen LogP contribution in [0.2, 0.25) is 0 Å². The van der Waals surface area contributed by atoms with E-state index in [0.717, 1.165) is 25.8 Å². The number of nitrogens with zero attached hydrogens (tertiary/aromatic N) is 1. The van der Waals surface area contributed by atoms with Crippen molar-refractivity contribution >= 4 is 11.8 Å². The Kier molecular flexibility index (Phi) is 2.90. The van der Waals surface area contributed by atoms with Gasteiger partial charge in [0.25, 0.3) is 5.91 Å². The molecule has 0 aliphatic carbocycles. The number of primary amides is 1. The van der Waals surface area contributed by atoms with Crippen LogP contribution in [0.3, 0.4) is 0 Å². The van der Waals surface area contributed by atoms with Crippen LogP contribution >= 0.6 is 0 Å². The minimum atomic E-state index is -0.642. The number of morpholine rings is 1. The third-order valence-corrected chi connectivity index (χ3v) is 3.06. The summed E-state index contributed by atoms with van der Waals surface area (Å²) in [6, 6.07) is 0.218. The van der Waals surface area contributed by atoms with Crippen molar-refractivity contribution in [3.8, 4) is 0 Å². The highest BCUT2D eigenvalue weighted by Gasteiger charge is 2.37. The topological polar surface area (TPSA) is 72.6 Å². The van der Waals surface area contributed by atoms with E-state index in [4.69, 9.17) is 10.5 Å². The molecule has 0 radical (unpaired) electrons. The highest BCUT2D eigenvalue weighted by Crippen LogP contribution is 2.23. The Morgan fingerprint density at radius 3 is 3.07 bits per heavy atom. The lowest BCUT2D eigenvalue weighted by molar-refractivity contribution is -0.164. The molecule has 0 aromatic heterocycles. The minimum Gasteiger partial charge on any atom is -0.370 e. The van der Waals surface area contributed by atoms with E-state index >= 15 is 0 Å². The van der Waals surface area contributed by atoms with Crippen LogP contribution in [0.1, 0.15) is 25.7 Å². The molecule has 2 fully saturated rings. The maximum Gasteiger partial charge on any atom is 0.252 e. The predicted molar refractivity (Wildman–Crippen MR) is 52.9 cm³/mol. The van der Waals surface area contributed by atoms with Gasteiger partial charge in [0.1, 0.15) is 6.10 Å². The molecule has 2 N–H and O–H groups in total. The van der Waals surface area contributed by atoms with Gasteiger partial charge in [0.15, 0.2) is 0 Å². The lowest BCUT2D eigenvalue weighted by Crippen LogP contribution is -2.56. The summed E-state index contributed by atoms with van der Waals surface area (Å²) in [4.78, 5) is 24.5. The Morgan fingerprint density at radius 1 is 1.53 bits per heavy atom. The van der Waals surface area contributed by atoms with E-state index in [-0.39, 0.29) is 18.4 Å². The first-order valence-electron chi connectivity index (χ1n) is 5.39. The molecule has 2 atom stereocenters. The number of hydrogen-bond acceptors (Lipinski definition) is 3. The summed E-state index contributed by atoms with van der Waals surface area (Å²) < 4.78 is 5.38. The van der Waals surface area contributed by atoms with Gasteiger partial charge >= 0.3 is 0 Å². The summed E-state index contributed by atoms with van der Waals surface area (Å²) in [5, 5.41) is 0. The third kappa shape index (κ3) is 2.12. The van der Waals surface area contributed by atoms with Gasteiger partial charge in [-0.15, -0.1) is 0 Å². The molecule has 84 valence electrons. The van der Waals surface area contributed by atoms with Crippen LogP contribution in [-0.2, 0) is 14.3 Å². The first-order valence-corrected chi connectivity index (χ1v) is 5.39. The molecule has 2 amide bonds. The van der Waals surface area contributed by atoms with Crippen molar-refractivity contribution in [3.05, 3.63) is 0 Å². The Hall–Kier alpha value is -1.10. The number of hydrogen-bond donors (Lipinski definition) is 1. The fourth-order valence-corrected chi connectivity index (χ4v) is 2.28. The van der Waals surface area contributed by atoms with Crippen molar-refractivity contribution in [2.24, 2.45) is 5.73 Å². The van der Waals surface area contributed by atoms with Crippen molar-refractivity contribution in [2.75, 3.05) is 13.2 Å².